The molecule has 0 bridgehead atoms. The minimum absolute atomic E-state index is 0.671. The molecule has 0 aliphatic rings. The Morgan fingerprint density at radius 1 is 1.19 bits per heavy atom. The normalized spacial score (nSPS) is 10.2. The molecule has 0 radical (unpaired) electrons. The SMILES string of the molecule is C=CC(=O)NCC([N+](=O)[O-])([N+](=O)[O-])[N+](=O)[O-]. The van der Waals surface area contributed by atoms with Crippen molar-refractivity contribution in [1.82, 2.24) is 5.32 Å². The second-order valence-electron chi connectivity index (χ2n) is 2.47. The van der Waals surface area contributed by atoms with Crippen LogP contribution in [0.4, 0.5) is 0 Å². The summed E-state index contributed by atoms with van der Waals surface area (Å²) in [4.78, 5) is 36.6. The summed E-state index contributed by atoms with van der Waals surface area (Å²) < 4.78 is 0. The highest BCUT2D eigenvalue weighted by atomic mass is 16.7. The topological polar surface area (TPSA) is 159 Å². The van der Waals surface area contributed by atoms with Crippen LogP contribution < -0.4 is 5.32 Å². The summed E-state index contributed by atoms with van der Waals surface area (Å²) in [5.41, 5.74) is 0. The Kier molecular flexibility index (Phi) is 4.00. The summed E-state index contributed by atoms with van der Waals surface area (Å²) >= 11 is 0. The molecule has 0 aromatic rings. The summed E-state index contributed by atoms with van der Waals surface area (Å²) in [5, 5.41) is 32.7. The number of carbonyl (C=O) groups is 1. The Morgan fingerprint density at radius 3 is 1.81 bits per heavy atom. The summed E-state index contributed by atoms with van der Waals surface area (Å²) in [6.45, 7) is 1.60. The number of hydrogen-bond donors (Lipinski definition) is 1. The van der Waals surface area contributed by atoms with Crippen molar-refractivity contribution < 1.29 is 19.6 Å². The number of nitro groups is 3. The van der Waals surface area contributed by atoms with Gasteiger partial charge in [-0.1, -0.05) is 6.58 Å². The van der Waals surface area contributed by atoms with E-state index in [-0.39, 0.29) is 0 Å². The third-order valence-corrected chi connectivity index (χ3v) is 1.56. The predicted molar refractivity (Wildman–Crippen MR) is 46.9 cm³/mol. The van der Waals surface area contributed by atoms with Gasteiger partial charge in [-0.25, -0.2) is 0 Å². The zero-order valence-corrected chi connectivity index (χ0v) is 7.69. The predicted octanol–water partition coefficient (Wildman–Crippen LogP) is -1.23. The molecule has 88 valence electrons. The van der Waals surface area contributed by atoms with Gasteiger partial charge in [0.05, 0.1) is 0 Å². The van der Waals surface area contributed by atoms with E-state index in [1.807, 2.05) is 0 Å². The maximum absolute atomic E-state index is 10.6. The molecule has 0 saturated carbocycles. The van der Waals surface area contributed by atoms with E-state index in [1.54, 1.807) is 5.32 Å². The van der Waals surface area contributed by atoms with Crippen LogP contribution in [-0.2, 0) is 4.79 Å². The number of nitrogens with one attached hydrogen (secondary N) is 1. The largest absolute Gasteiger partial charge is 0.717 e. The molecule has 0 fully saturated rings. The quantitative estimate of drug-likeness (QED) is 0.260. The molecule has 0 heterocycles. The Bertz CT molecular complexity index is 328. The lowest BCUT2D eigenvalue weighted by Gasteiger charge is -2.08. The number of hydrogen-bond acceptors (Lipinski definition) is 7. The van der Waals surface area contributed by atoms with Gasteiger partial charge in [-0.15, -0.1) is 0 Å². The van der Waals surface area contributed by atoms with Crippen molar-refractivity contribution in [3.63, 3.8) is 0 Å². The van der Waals surface area contributed by atoms with Crippen LogP contribution in [0.2, 0.25) is 0 Å². The third-order valence-electron chi connectivity index (χ3n) is 1.56. The lowest BCUT2D eigenvalue weighted by atomic mass is 10.3. The molecular formula is C5H6N4O7. The maximum Gasteiger partial charge on any atom is 0.717 e. The van der Waals surface area contributed by atoms with Crippen molar-refractivity contribution in [3.8, 4) is 0 Å². The monoisotopic (exact) mass is 234 g/mol. The minimum Gasteiger partial charge on any atom is -0.332 e. The molecule has 0 atom stereocenters. The van der Waals surface area contributed by atoms with Gasteiger partial charge < -0.3 is 5.32 Å². The van der Waals surface area contributed by atoms with E-state index in [0.717, 1.165) is 0 Å². The average molecular weight is 234 g/mol. The Balaban J connectivity index is 5.14. The van der Waals surface area contributed by atoms with E-state index in [1.165, 1.54) is 0 Å². The first-order chi connectivity index (χ1) is 7.28. The van der Waals surface area contributed by atoms with Crippen molar-refractivity contribution in [2.24, 2.45) is 0 Å². The van der Waals surface area contributed by atoms with Gasteiger partial charge in [0.15, 0.2) is 14.8 Å². The van der Waals surface area contributed by atoms with Crippen LogP contribution in [0.3, 0.4) is 0 Å². The summed E-state index contributed by atoms with van der Waals surface area (Å²) in [7, 11) is 0. The van der Waals surface area contributed by atoms with Gasteiger partial charge in [-0.05, 0) is 6.08 Å². The minimum atomic E-state index is -3.68. The molecule has 0 rings (SSSR count). The molecule has 0 aromatic heterocycles. The molecule has 0 aromatic carbocycles. The second kappa shape index (κ2) is 4.77. The van der Waals surface area contributed by atoms with E-state index in [9.17, 15) is 35.1 Å². The fraction of sp³-hybridized carbons (Fsp3) is 0.400. The molecular weight excluding hydrogens is 228 g/mol. The fourth-order valence-electron chi connectivity index (χ4n) is 0.672. The van der Waals surface area contributed by atoms with E-state index in [4.69, 9.17) is 0 Å². The highest BCUT2D eigenvalue weighted by molar-refractivity contribution is 5.86. The smallest absolute Gasteiger partial charge is 0.332 e. The van der Waals surface area contributed by atoms with E-state index < -0.39 is 33.0 Å². The van der Waals surface area contributed by atoms with Crippen LogP contribution in [-0.4, -0.2) is 33.0 Å². The number of amides is 1. The summed E-state index contributed by atoms with van der Waals surface area (Å²) in [5.74, 6) is -4.67. The molecule has 16 heavy (non-hydrogen) atoms. The van der Waals surface area contributed by atoms with Crippen LogP contribution in [0.1, 0.15) is 0 Å². The van der Waals surface area contributed by atoms with Gasteiger partial charge >= 0.3 is 5.79 Å². The lowest BCUT2D eigenvalue weighted by molar-refractivity contribution is -0.966. The molecule has 11 nitrogen and oxygen atoms in total. The molecule has 0 saturated heterocycles. The third kappa shape index (κ3) is 2.26. The first kappa shape index (κ1) is 13.4. The number of carbonyl (C=O) groups excluding carboxylic acids is 1. The molecule has 1 N–H and O–H groups in total. The van der Waals surface area contributed by atoms with E-state index in [0.29, 0.717) is 6.08 Å². The maximum atomic E-state index is 10.6. The van der Waals surface area contributed by atoms with Gasteiger partial charge in [0.2, 0.25) is 12.5 Å². The van der Waals surface area contributed by atoms with Crippen molar-refractivity contribution in [1.29, 1.82) is 0 Å². The highest BCUT2D eigenvalue weighted by Crippen LogP contribution is 2.10. The summed E-state index contributed by atoms with van der Waals surface area (Å²) in [6, 6.07) is 0. The molecule has 0 aliphatic heterocycles. The van der Waals surface area contributed by atoms with Crippen molar-refractivity contribution in [2.45, 2.75) is 5.79 Å². The van der Waals surface area contributed by atoms with E-state index in [2.05, 4.69) is 6.58 Å². The Labute approximate surface area is 87.2 Å². The first-order valence-electron chi connectivity index (χ1n) is 3.62. The van der Waals surface area contributed by atoms with Crippen molar-refractivity contribution in [2.75, 3.05) is 6.54 Å². The van der Waals surface area contributed by atoms with Crippen LogP contribution in [0, 0.1) is 30.3 Å². The van der Waals surface area contributed by atoms with Crippen molar-refractivity contribution in [3.05, 3.63) is 43.0 Å². The van der Waals surface area contributed by atoms with Gasteiger partial charge in [0.25, 0.3) is 0 Å². The Hall–Kier alpha value is -2.59. The zero-order valence-electron chi connectivity index (χ0n) is 7.69. The lowest BCUT2D eigenvalue weighted by Crippen LogP contribution is -2.60. The van der Waals surface area contributed by atoms with E-state index >= 15 is 0 Å². The zero-order chi connectivity index (χ0) is 12.9. The van der Waals surface area contributed by atoms with Crippen LogP contribution in [0.5, 0.6) is 0 Å². The van der Waals surface area contributed by atoms with Gasteiger partial charge in [0.1, 0.15) is 0 Å². The average Bonchev–Trinajstić information content (AvgIpc) is 2.16. The number of nitrogens with zero attached hydrogens (tertiary/aromatic N) is 3. The van der Waals surface area contributed by atoms with Crippen LogP contribution in [0.15, 0.2) is 12.7 Å². The van der Waals surface area contributed by atoms with Gasteiger partial charge in [0, 0.05) is 0 Å². The van der Waals surface area contributed by atoms with Gasteiger partial charge in [-0.3, -0.25) is 35.1 Å². The van der Waals surface area contributed by atoms with Crippen molar-refractivity contribution >= 4 is 5.91 Å². The molecule has 1 amide bonds. The first-order valence-corrected chi connectivity index (χ1v) is 3.62. The Morgan fingerprint density at radius 2 is 1.56 bits per heavy atom. The second-order valence-corrected chi connectivity index (χ2v) is 2.47. The fourth-order valence-corrected chi connectivity index (χ4v) is 0.672. The van der Waals surface area contributed by atoms with Gasteiger partial charge in [-0.2, -0.15) is 0 Å². The molecule has 11 heteroatoms. The number of rotatable bonds is 6. The standard InChI is InChI=1S/C5H6N4O7/c1-2-4(10)6-3-5(7(11)12,8(13)14)9(15)16/h2H,1,3H2,(H,6,10). The molecule has 0 unspecified atom stereocenters. The highest BCUT2D eigenvalue weighted by Gasteiger charge is 2.70. The molecule has 0 spiro atoms. The summed E-state index contributed by atoms with van der Waals surface area (Å²) in [6.07, 6.45) is 0.671. The molecule has 0 aliphatic carbocycles. The van der Waals surface area contributed by atoms with Crippen LogP contribution in [0.25, 0.3) is 0 Å². The van der Waals surface area contributed by atoms with Crippen LogP contribution >= 0.6 is 0 Å².